The Morgan fingerprint density at radius 2 is 1.94 bits per heavy atom. The smallest absolute Gasteiger partial charge is 0.410 e. The van der Waals surface area contributed by atoms with Gasteiger partial charge in [0.1, 0.15) is 5.60 Å². The fraction of sp³-hybridized carbons (Fsp3) is 0.929. The van der Waals surface area contributed by atoms with Crippen molar-refractivity contribution in [3.8, 4) is 0 Å². The number of rotatable bonds is 0. The van der Waals surface area contributed by atoms with E-state index in [1.807, 2.05) is 25.7 Å². The molecule has 2 rings (SSSR count). The van der Waals surface area contributed by atoms with E-state index >= 15 is 0 Å². The van der Waals surface area contributed by atoms with Crippen molar-refractivity contribution >= 4 is 6.09 Å². The van der Waals surface area contributed by atoms with Gasteiger partial charge in [0.25, 0.3) is 0 Å². The van der Waals surface area contributed by atoms with Crippen LogP contribution in [0.3, 0.4) is 0 Å². The van der Waals surface area contributed by atoms with Crippen molar-refractivity contribution in [2.24, 2.45) is 5.92 Å². The molecule has 0 aromatic heterocycles. The highest BCUT2D eigenvalue weighted by molar-refractivity contribution is 5.68. The van der Waals surface area contributed by atoms with Gasteiger partial charge in [-0.15, -0.1) is 0 Å². The molecule has 2 heterocycles. The van der Waals surface area contributed by atoms with E-state index in [1.165, 1.54) is 13.0 Å². The van der Waals surface area contributed by atoms with Crippen LogP contribution in [0.4, 0.5) is 4.79 Å². The van der Waals surface area contributed by atoms with Gasteiger partial charge in [0.2, 0.25) is 0 Å². The zero-order valence-corrected chi connectivity index (χ0v) is 12.1. The van der Waals surface area contributed by atoms with Crippen molar-refractivity contribution in [1.82, 2.24) is 9.80 Å². The summed E-state index contributed by atoms with van der Waals surface area (Å²) in [4.78, 5) is 16.7. The zero-order chi connectivity index (χ0) is 13.3. The lowest BCUT2D eigenvalue weighted by molar-refractivity contribution is 0.00485. The normalized spacial score (nSPS) is 32.9. The van der Waals surface area contributed by atoms with Gasteiger partial charge in [-0.3, -0.25) is 0 Å². The quantitative estimate of drug-likeness (QED) is 0.665. The number of hydrogen-bond donors (Lipinski definition) is 0. The molecule has 4 heteroatoms. The predicted molar refractivity (Wildman–Crippen MR) is 71.6 cm³/mol. The minimum absolute atomic E-state index is 0.136. The first kappa shape index (κ1) is 13.7. The second-order valence-corrected chi connectivity index (χ2v) is 6.66. The number of amides is 1. The molecule has 2 aliphatic heterocycles. The number of nitrogens with zero attached hydrogens (tertiary/aromatic N) is 2. The number of carbonyl (C=O) groups excluding carboxylic acids is 1. The average molecular weight is 254 g/mol. The number of piperidine rings is 1. The molecule has 0 saturated carbocycles. The Morgan fingerprint density at radius 3 is 2.61 bits per heavy atom. The van der Waals surface area contributed by atoms with E-state index in [9.17, 15) is 4.79 Å². The lowest BCUT2D eigenvalue weighted by Crippen LogP contribution is -2.52. The molecule has 18 heavy (non-hydrogen) atoms. The molecule has 3 unspecified atom stereocenters. The topological polar surface area (TPSA) is 32.8 Å². The highest BCUT2D eigenvalue weighted by Gasteiger charge is 2.37. The maximum atomic E-state index is 12.3. The van der Waals surface area contributed by atoms with E-state index in [2.05, 4.69) is 11.8 Å². The first-order chi connectivity index (χ1) is 8.37. The average Bonchev–Trinajstić information content (AvgIpc) is 2.41. The molecule has 2 aliphatic rings. The van der Waals surface area contributed by atoms with E-state index in [1.54, 1.807) is 0 Å². The number of fused-ring (bicyclic) bond motifs is 2. The van der Waals surface area contributed by atoms with Crippen molar-refractivity contribution in [3.05, 3.63) is 0 Å². The van der Waals surface area contributed by atoms with Crippen LogP contribution in [0.5, 0.6) is 0 Å². The Labute approximate surface area is 110 Å². The summed E-state index contributed by atoms with van der Waals surface area (Å²) < 4.78 is 5.54. The molecular formula is C14H26N2O2. The van der Waals surface area contributed by atoms with Crippen molar-refractivity contribution in [1.29, 1.82) is 0 Å². The summed E-state index contributed by atoms with van der Waals surface area (Å²) in [5.41, 5.74) is -0.402. The molecule has 0 aromatic rings. The lowest BCUT2D eigenvalue weighted by Gasteiger charge is -2.40. The Kier molecular flexibility index (Phi) is 3.85. The van der Waals surface area contributed by atoms with E-state index in [4.69, 9.17) is 4.74 Å². The molecule has 1 amide bonds. The standard InChI is InChI=1S/C14H26N2O2/c1-11-6-9-15-7-5-8-16(12(11)10-15)13(17)18-14(2,3)4/h11-12H,5-10H2,1-4H3. The lowest BCUT2D eigenvalue weighted by atomic mass is 9.93. The summed E-state index contributed by atoms with van der Waals surface area (Å²) in [5, 5.41) is 0. The van der Waals surface area contributed by atoms with Crippen molar-refractivity contribution in [2.45, 2.75) is 52.2 Å². The van der Waals surface area contributed by atoms with Crippen LogP contribution >= 0.6 is 0 Å². The van der Waals surface area contributed by atoms with Crippen molar-refractivity contribution in [2.75, 3.05) is 26.2 Å². The van der Waals surface area contributed by atoms with Crippen LogP contribution in [0.2, 0.25) is 0 Å². The van der Waals surface area contributed by atoms with Crippen LogP contribution in [0.25, 0.3) is 0 Å². The second kappa shape index (κ2) is 5.08. The van der Waals surface area contributed by atoms with Gasteiger partial charge in [-0.2, -0.15) is 0 Å². The van der Waals surface area contributed by atoms with Gasteiger partial charge in [-0.25, -0.2) is 4.79 Å². The second-order valence-electron chi connectivity index (χ2n) is 6.66. The van der Waals surface area contributed by atoms with Gasteiger partial charge in [-0.1, -0.05) is 6.92 Å². The van der Waals surface area contributed by atoms with Crippen LogP contribution in [-0.2, 0) is 4.74 Å². The van der Waals surface area contributed by atoms with Gasteiger partial charge in [0.15, 0.2) is 0 Å². The maximum absolute atomic E-state index is 12.3. The van der Waals surface area contributed by atoms with Gasteiger partial charge in [0.05, 0.1) is 6.04 Å². The molecule has 2 bridgehead atoms. The first-order valence-corrected chi connectivity index (χ1v) is 7.09. The Morgan fingerprint density at radius 1 is 1.22 bits per heavy atom. The van der Waals surface area contributed by atoms with Crippen molar-refractivity contribution < 1.29 is 9.53 Å². The predicted octanol–water partition coefficient (Wildman–Crippen LogP) is 2.34. The van der Waals surface area contributed by atoms with Crippen LogP contribution in [0, 0.1) is 5.92 Å². The van der Waals surface area contributed by atoms with Gasteiger partial charge >= 0.3 is 6.09 Å². The zero-order valence-electron chi connectivity index (χ0n) is 12.1. The van der Waals surface area contributed by atoms with Gasteiger partial charge in [0, 0.05) is 13.1 Å². The summed E-state index contributed by atoms with van der Waals surface area (Å²) in [7, 11) is 0. The molecule has 104 valence electrons. The number of carbonyl (C=O) groups is 1. The molecule has 0 spiro atoms. The SMILES string of the molecule is CC1CCN2CCCN(C(=O)OC(C)(C)C)C1C2. The molecule has 2 saturated heterocycles. The third-order valence-corrected chi connectivity index (χ3v) is 3.90. The third-order valence-electron chi connectivity index (χ3n) is 3.90. The highest BCUT2D eigenvalue weighted by Crippen LogP contribution is 2.26. The van der Waals surface area contributed by atoms with Crippen LogP contribution < -0.4 is 0 Å². The van der Waals surface area contributed by atoms with Crippen molar-refractivity contribution in [3.63, 3.8) is 0 Å². The molecule has 0 N–H and O–H groups in total. The summed E-state index contributed by atoms with van der Waals surface area (Å²) in [6.07, 6.45) is 2.11. The molecular weight excluding hydrogens is 228 g/mol. The Balaban J connectivity index is 2.08. The monoisotopic (exact) mass is 254 g/mol. The highest BCUT2D eigenvalue weighted by atomic mass is 16.6. The number of ether oxygens (including phenoxy) is 1. The summed E-state index contributed by atoms with van der Waals surface area (Å²) in [6, 6.07) is 0.330. The summed E-state index contributed by atoms with van der Waals surface area (Å²) in [5.74, 6) is 0.576. The fourth-order valence-electron chi connectivity index (χ4n) is 2.90. The fourth-order valence-corrected chi connectivity index (χ4v) is 2.90. The summed E-state index contributed by atoms with van der Waals surface area (Å²) in [6.45, 7) is 12.2. The Bertz CT molecular complexity index is 311. The van der Waals surface area contributed by atoms with Gasteiger partial charge < -0.3 is 14.5 Å². The van der Waals surface area contributed by atoms with Gasteiger partial charge in [-0.05, 0) is 52.6 Å². The van der Waals surface area contributed by atoms with Crippen LogP contribution in [0.1, 0.15) is 40.5 Å². The Hall–Kier alpha value is -0.770. The van der Waals surface area contributed by atoms with Crippen LogP contribution in [0.15, 0.2) is 0 Å². The van der Waals surface area contributed by atoms with E-state index in [0.717, 1.165) is 26.1 Å². The van der Waals surface area contributed by atoms with E-state index in [0.29, 0.717) is 12.0 Å². The number of hydrogen-bond acceptors (Lipinski definition) is 3. The first-order valence-electron chi connectivity index (χ1n) is 7.09. The molecule has 0 radical (unpaired) electrons. The minimum Gasteiger partial charge on any atom is -0.444 e. The minimum atomic E-state index is -0.402. The summed E-state index contributed by atoms with van der Waals surface area (Å²) >= 11 is 0. The maximum Gasteiger partial charge on any atom is 0.410 e. The van der Waals surface area contributed by atoms with Crippen LogP contribution in [-0.4, -0.2) is 53.7 Å². The van der Waals surface area contributed by atoms with E-state index in [-0.39, 0.29) is 6.09 Å². The molecule has 2 fully saturated rings. The molecule has 3 atom stereocenters. The largest absolute Gasteiger partial charge is 0.444 e. The van der Waals surface area contributed by atoms with E-state index < -0.39 is 5.60 Å². The molecule has 0 aromatic carbocycles. The molecule has 4 nitrogen and oxygen atoms in total. The third kappa shape index (κ3) is 3.16. The molecule has 0 aliphatic carbocycles.